The molecule has 0 bridgehead atoms. The van der Waals surface area contributed by atoms with Crippen LogP contribution in [0, 0.1) is 0 Å². The summed E-state index contributed by atoms with van der Waals surface area (Å²) in [6.45, 7) is 0. The van der Waals surface area contributed by atoms with Gasteiger partial charge in [-0.05, 0) is 12.1 Å². The van der Waals surface area contributed by atoms with E-state index in [2.05, 4.69) is 0 Å². The third kappa shape index (κ3) is 2.80. The van der Waals surface area contributed by atoms with E-state index in [1.54, 1.807) is 0 Å². The Hall–Kier alpha value is -1.47. The van der Waals surface area contributed by atoms with Crippen molar-refractivity contribution in [3.8, 4) is 5.75 Å². The molecular weight excluding hydrogens is 263 g/mol. The molecule has 4 nitrogen and oxygen atoms in total. The molecule has 0 amide bonds. The number of aliphatic carboxylic acids is 1. The molecule has 0 heterocycles. The fraction of sp³-hybridized carbons (Fsp3) is 0.222. The Morgan fingerprint density at radius 2 is 1.94 bits per heavy atom. The highest BCUT2D eigenvalue weighted by Crippen LogP contribution is 2.40. The van der Waals surface area contributed by atoms with Gasteiger partial charge in [-0.15, -0.1) is 0 Å². The quantitative estimate of drug-likeness (QED) is 0.768. The van der Waals surface area contributed by atoms with Crippen molar-refractivity contribution >= 4 is 17.6 Å². The summed E-state index contributed by atoms with van der Waals surface area (Å²) in [5.74, 6) is -2.80. The van der Waals surface area contributed by atoms with Crippen LogP contribution in [-0.4, -0.2) is 16.2 Å². The number of phenolic OH excluding ortho intramolecular Hbond substituents is 1. The number of nitrogens with two attached hydrogens (primary N) is 1. The minimum atomic E-state index is -4.85. The van der Waals surface area contributed by atoms with Gasteiger partial charge in [-0.2, -0.15) is 13.2 Å². The molecule has 17 heavy (non-hydrogen) atoms. The molecule has 0 fully saturated rings. The SMILES string of the molecule is NC(C(=O)O)c1cc(Cl)cc(C(F)(F)F)c1O. The van der Waals surface area contributed by atoms with Gasteiger partial charge in [0, 0.05) is 10.6 Å². The lowest BCUT2D eigenvalue weighted by atomic mass is 10.0. The van der Waals surface area contributed by atoms with Gasteiger partial charge in [0.05, 0.1) is 5.56 Å². The molecule has 0 aliphatic rings. The van der Waals surface area contributed by atoms with Gasteiger partial charge in [0.1, 0.15) is 11.8 Å². The number of benzene rings is 1. The maximum absolute atomic E-state index is 12.5. The van der Waals surface area contributed by atoms with Crippen LogP contribution in [0.5, 0.6) is 5.75 Å². The molecule has 0 aliphatic heterocycles. The highest BCUT2D eigenvalue weighted by atomic mass is 35.5. The Morgan fingerprint density at radius 3 is 2.35 bits per heavy atom. The first kappa shape index (κ1) is 13.6. The number of aromatic hydroxyl groups is 1. The van der Waals surface area contributed by atoms with E-state index in [9.17, 15) is 23.1 Å². The normalized spacial score (nSPS) is 13.5. The van der Waals surface area contributed by atoms with Crippen LogP contribution in [0.2, 0.25) is 5.02 Å². The van der Waals surface area contributed by atoms with E-state index < -0.39 is 35.1 Å². The van der Waals surface area contributed by atoms with Gasteiger partial charge >= 0.3 is 12.1 Å². The van der Waals surface area contributed by atoms with Crippen LogP contribution >= 0.6 is 11.6 Å². The first-order valence-corrected chi connectivity index (χ1v) is 4.60. The summed E-state index contributed by atoms with van der Waals surface area (Å²) in [7, 11) is 0. The average molecular weight is 270 g/mol. The Balaban J connectivity index is 3.44. The molecule has 1 aromatic carbocycles. The van der Waals surface area contributed by atoms with Crippen LogP contribution in [0.15, 0.2) is 12.1 Å². The molecule has 8 heteroatoms. The van der Waals surface area contributed by atoms with Crippen LogP contribution in [0.1, 0.15) is 17.2 Å². The molecule has 0 aromatic heterocycles. The van der Waals surface area contributed by atoms with E-state index in [0.29, 0.717) is 6.07 Å². The van der Waals surface area contributed by atoms with Gasteiger partial charge in [0.25, 0.3) is 0 Å². The number of carboxylic acids is 1. The minimum absolute atomic E-state index is 0.359. The predicted octanol–water partition coefficient (Wildman–Crippen LogP) is 2.15. The van der Waals surface area contributed by atoms with Gasteiger partial charge in [-0.3, -0.25) is 4.79 Å². The summed E-state index contributed by atoms with van der Waals surface area (Å²) in [6.07, 6.45) is -4.85. The van der Waals surface area contributed by atoms with Crippen LogP contribution < -0.4 is 5.73 Å². The van der Waals surface area contributed by atoms with Gasteiger partial charge < -0.3 is 15.9 Å². The van der Waals surface area contributed by atoms with Gasteiger partial charge in [-0.1, -0.05) is 11.6 Å². The number of carboxylic acid groups (broad SMARTS) is 1. The summed E-state index contributed by atoms with van der Waals surface area (Å²) in [5.41, 5.74) is 3.13. The van der Waals surface area contributed by atoms with Crippen LogP contribution in [-0.2, 0) is 11.0 Å². The third-order valence-corrected chi connectivity index (χ3v) is 2.23. The molecule has 94 valence electrons. The maximum atomic E-state index is 12.5. The Kier molecular flexibility index (Phi) is 3.53. The second-order valence-electron chi connectivity index (χ2n) is 3.20. The lowest BCUT2D eigenvalue weighted by Crippen LogP contribution is -2.21. The smallest absolute Gasteiger partial charge is 0.420 e. The zero-order valence-electron chi connectivity index (χ0n) is 8.12. The molecule has 0 spiro atoms. The summed E-state index contributed by atoms with van der Waals surface area (Å²) in [4.78, 5) is 10.6. The van der Waals surface area contributed by atoms with Crippen molar-refractivity contribution < 1.29 is 28.2 Å². The van der Waals surface area contributed by atoms with Crippen LogP contribution in [0.3, 0.4) is 0 Å². The summed E-state index contributed by atoms with van der Waals surface area (Å²) in [5, 5.41) is 17.6. The van der Waals surface area contributed by atoms with Crippen molar-refractivity contribution in [3.05, 3.63) is 28.3 Å². The Bertz CT molecular complexity index is 462. The Morgan fingerprint density at radius 1 is 1.41 bits per heavy atom. The molecule has 0 aliphatic carbocycles. The molecule has 1 atom stereocenters. The van der Waals surface area contributed by atoms with Crippen molar-refractivity contribution in [2.24, 2.45) is 5.73 Å². The van der Waals surface area contributed by atoms with E-state index in [4.69, 9.17) is 22.4 Å². The zero-order chi connectivity index (χ0) is 13.4. The first-order chi connectivity index (χ1) is 7.64. The Labute approximate surface area is 98.4 Å². The number of rotatable bonds is 2. The molecule has 1 unspecified atom stereocenters. The van der Waals surface area contributed by atoms with Gasteiger partial charge in [0.2, 0.25) is 0 Å². The largest absolute Gasteiger partial charge is 0.507 e. The number of halogens is 4. The summed E-state index contributed by atoms with van der Waals surface area (Å²) >= 11 is 5.42. The third-order valence-electron chi connectivity index (χ3n) is 2.01. The summed E-state index contributed by atoms with van der Waals surface area (Å²) in [6, 6.07) is -0.408. The highest BCUT2D eigenvalue weighted by molar-refractivity contribution is 6.30. The van der Waals surface area contributed by atoms with Crippen molar-refractivity contribution in [3.63, 3.8) is 0 Å². The first-order valence-electron chi connectivity index (χ1n) is 4.22. The monoisotopic (exact) mass is 269 g/mol. The van der Waals surface area contributed by atoms with Crippen molar-refractivity contribution in [1.29, 1.82) is 0 Å². The number of phenols is 1. The fourth-order valence-electron chi connectivity index (χ4n) is 1.21. The highest BCUT2D eigenvalue weighted by Gasteiger charge is 2.36. The molecule has 1 rings (SSSR count). The van der Waals surface area contributed by atoms with Gasteiger partial charge in [0.15, 0.2) is 0 Å². The van der Waals surface area contributed by atoms with Crippen molar-refractivity contribution in [2.75, 3.05) is 0 Å². The van der Waals surface area contributed by atoms with Crippen molar-refractivity contribution in [2.45, 2.75) is 12.2 Å². The van der Waals surface area contributed by atoms with E-state index in [1.165, 1.54) is 0 Å². The van der Waals surface area contributed by atoms with E-state index in [-0.39, 0.29) is 5.02 Å². The fourth-order valence-corrected chi connectivity index (χ4v) is 1.43. The molecule has 1 aromatic rings. The summed E-state index contributed by atoms with van der Waals surface area (Å²) < 4.78 is 37.4. The lowest BCUT2D eigenvalue weighted by molar-refractivity contribution is -0.140. The standard InChI is InChI=1S/C9H7ClF3NO3/c10-3-1-4(6(14)8(16)17)7(15)5(2-3)9(11,12)13/h1-2,6,15H,14H2,(H,16,17). The number of alkyl halides is 3. The van der Waals surface area contributed by atoms with E-state index >= 15 is 0 Å². The number of hydrogen-bond acceptors (Lipinski definition) is 3. The molecule has 0 saturated carbocycles. The topological polar surface area (TPSA) is 83.6 Å². The minimum Gasteiger partial charge on any atom is -0.507 e. The molecule has 0 saturated heterocycles. The zero-order valence-corrected chi connectivity index (χ0v) is 8.88. The predicted molar refractivity (Wildman–Crippen MR) is 52.7 cm³/mol. The number of carbonyl (C=O) groups is 1. The van der Waals surface area contributed by atoms with Crippen LogP contribution in [0.4, 0.5) is 13.2 Å². The molecule has 0 radical (unpaired) electrons. The van der Waals surface area contributed by atoms with Gasteiger partial charge in [-0.25, -0.2) is 0 Å². The lowest BCUT2D eigenvalue weighted by Gasteiger charge is -2.15. The van der Waals surface area contributed by atoms with E-state index in [1.807, 2.05) is 0 Å². The second kappa shape index (κ2) is 4.42. The second-order valence-corrected chi connectivity index (χ2v) is 3.64. The average Bonchev–Trinajstić information content (AvgIpc) is 2.18. The van der Waals surface area contributed by atoms with E-state index in [0.717, 1.165) is 6.07 Å². The molecule has 4 N–H and O–H groups in total. The van der Waals surface area contributed by atoms with Crippen molar-refractivity contribution in [1.82, 2.24) is 0 Å². The molecular formula is C9H7ClF3NO3. The maximum Gasteiger partial charge on any atom is 0.420 e. The number of hydrogen-bond donors (Lipinski definition) is 3. The van der Waals surface area contributed by atoms with Crippen LogP contribution in [0.25, 0.3) is 0 Å².